The predicted molar refractivity (Wildman–Crippen MR) is 52.4 cm³/mol. The third kappa shape index (κ3) is 1.66. The van der Waals surface area contributed by atoms with E-state index in [-0.39, 0.29) is 5.78 Å². The number of ketones is 1. The van der Waals surface area contributed by atoms with E-state index in [1.165, 1.54) is 6.20 Å². The van der Waals surface area contributed by atoms with E-state index in [9.17, 15) is 4.79 Å². The van der Waals surface area contributed by atoms with Crippen molar-refractivity contribution in [3.63, 3.8) is 0 Å². The monoisotopic (exact) mass is 210 g/mol. The molecule has 0 saturated heterocycles. The molecule has 0 spiro atoms. The molecule has 0 saturated carbocycles. The lowest BCUT2D eigenvalue weighted by atomic mass is 10.2. The molecule has 0 atom stereocenters. The molecule has 2 rings (SSSR count). The van der Waals surface area contributed by atoms with Gasteiger partial charge >= 0.3 is 0 Å². The van der Waals surface area contributed by atoms with Crippen LogP contribution < -0.4 is 0 Å². The van der Waals surface area contributed by atoms with E-state index in [1.54, 1.807) is 11.3 Å². The molecule has 2 aromatic rings. The summed E-state index contributed by atoms with van der Waals surface area (Å²) < 4.78 is 7.68. The third-order valence-electron chi connectivity index (χ3n) is 1.59. The molecular weight excluding hydrogens is 204 g/mol. The summed E-state index contributed by atoms with van der Waals surface area (Å²) in [4.78, 5) is 12.8. The van der Waals surface area contributed by atoms with E-state index in [4.69, 9.17) is 0 Å². The number of carbonyl (C=O) groups is 1. The van der Waals surface area contributed by atoms with Gasteiger partial charge in [0.2, 0.25) is 5.78 Å². The van der Waals surface area contributed by atoms with Gasteiger partial charge in [0.1, 0.15) is 5.69 Å². The summed E-state index contributed by atoms with van der Waals surface area (Å²) in [6.07, 6.45) is 1.50. The fraction of sp³-hybridized carbons (Fsp3) is 0.125. The number of aryl methyl sites for hydroxylation is 1. The molecule has 0 unspecified atom stereocenters. The normalized spacial score (nSPS) is 10.2. The van der Waals surface area contributed by atoms with Crippen molar-refractivity contribution >= 4 is 28.8 Å². The molecule has 0 N–H and O–H groups in total. The number of hydrogen-bond acceptors (Lipinski definition) is 5. The molecule has 0 fully saturated rings. The summed E-state index contributed by atoms with van der Waals surface area (Å²) >= 11 is 2.62. The van der Waals surface area contributed by atoms with Gasteiger partial charge in [0.05, 0.1) is 17.9 Å². The fourth-order valence-corrected chi connectivity index (χ4v) is 2.07. The minimum Gasteiger partial charge on any atom is -0.287 e. The van der Waals surface area contributed by atoms with Gasteiger partial charge in [-0.15, -0.1) is 11.3 Å². The second-order valence-electron chi connectivity index (χ2n) is 2.57. The zero-order valence-electron chi connectivity index (χ0n) is 6.85. The Morgan fingerprint density at radius 1 is 1.54 bits per heavy atom. The van der Waals surface area contributed by atoms with Crippen LogP contribution in [0.5, 0.6) is 0 Å². The van der Waals surface area contributed by atoms with Crippen molar-refractivity contribution in [3.8, 4) is 0 Å². The first-order valence-corrected chi connectivity index (χ1v) is 5.26. The van der Waals surface area contributed by atoms with Gasteiger partial charge in [0.15, 0.2) is 0 Å². The van der Waals surface area contributed by atoms with E-state index in [1.807, 2.05) is 18.4 Å². The number of nitrogens with zero attached hydrogens (tertiary/aromatic N) is 2. The van der Waals surface area contributed by atoms with Crippen molar-refractivity contribution in [2.75, 3.05) is 0 Å². The van der Waals surface area contributed by atoms with Crippen molar-refractivity contribution in [2.24, 2.45) is 0 Å². The van der Waals surface area contributed by atoms with Crippen LogP contribution in [0.4, 0.5) is 0 Å². The maximum atomic E-state index is 11.6. The molecule has 66 valence electrons. The standard InChI is InChI=1S/C8H6N2OS2/c1-5-2-6(4-12-5)8(11)7-3-9-13-10-7/h2-4H,1H3. The van der Waals surface area contributed by atoms with Crippen LogP contribution in [0.25, 0.3) is 0 Å². The van der Waals surface area contributed by atoms with Gasteiger partial charge in [-0.05, 0) is 13.0 Å². The van der Waals surface area contributed by atoms with Gasteiger partial charge in [0.25, 0.3) is 0 Å². The van der Waals surface area contributed by atoms with Crippen LogP contribution in [0.2, 0.25) is 0 Å². The molecule has 5 heteroatoms. The molecule has 0 aromatic carbocycles. The molecule has 13 heavy (non-hydrogen) atoms. The Hall–Kier alpha value is -1.07. The second-order valence-corrected chi connectivity index (χ2v) is 4.24. The van der Waals surface area contributed by atoms with Crippen molar-refractivity contribution < 1.29 is 4.79 Å². The number of hydrogen-bond donors (Lipinski definition) is 0. The summed E-state index contributed by atoms with van der Waals surface area (Å²) in [5.74, 6) is -0.0434. The summed E-state index contributed by atoms with van der Waals surface area (Å²) in [5.41, 5.74) is 1.14. The van der Waals surface area contributed by atoms with Crippen LogP contribution >= 0.6 is 23.1 Å². The molecule has 2 aromatic heterocycles. The third-order valence-corrected chi connectivity index (χ3v) is 2.93. The summed E-state index contributed by atoms with van der Waals surface area (Å²) in [6.45, 7) is 1.97. The number of aromatic nitrogens is 2. The first-order valence-electron chi connectivity index (χ1n) is 3.65. The van der Waals surface area contributed by atoms with Crippen molar-refractivity contribution in [1.82, 2.24) is 8.75 Å². The zero-order chi connectivity index (χ0) is 9.26. The molecule has 0 aliphatic carbocycles. The SMILES string of the molecule is Cc1cc(C(=O)c2cnsn2)cs1. The molecule has 3 nitrogen and oxygen atoms in total. The molecule has 0 amide bonds. The second kappa shape index (κ2) is 3.35. The Bertz CT molecular complexity index is 419. The number of rotatable bonds is 2. The highest BCUT2D eigenvalue weighted by molar-refractivity contribution is 7.10. The van der Waals surface area contributed by atoms with Crippen molar-refractivity contribution in [3.05, 3.63) is 33.8 Å². The highest BCUT2D eigenvalue weighted by Gasteiger charge is 2.12. The van der Waals surface area contributed by atoms with E-state index < -0.39 is 0 Å². The summed E-state index contributed by atoms with van der Waals surface area (Å²) in [6, 6.07) is 1.87. The van der Waals surface area contributed by atoms with Crippen molar-refractivity contribution in [1.29, 1.82) is 0 Å². The average molecular weight is 210 g/mol. The quantitative estimate of drug-likeness (QED) is 0.713. The zero-order valence-corrected chi connectivity index (χ0v) is 8.48. The van der Waals surface area contributed by atoms with E-state index >= 15 is 0 Å². The van der Waals surface area contributed by atoms with E-state index in [0.717, 1.165) is 16.6 Å². The highest BCUT2D eigenvalue weighted by atomic mass is 32.1. The minimum absolute atomic E-state index is 0.0434. The Balaban J connectivity index is 2.33. The Labute approximate surface area is 83.4 Å². The molecule has 0 bridgehead atoms. The topological polar surface area (TPSA) is 42.9 Å². The van der Waals surface area contributed by atoms with Crippen LogP contribution in [0.1, 0.15) is 20.9 Å². The first-order chi connectivity index (χ1) is 6.27. The Morgan fingerprint density at radius 2 is 2.38 bits per heavy atom. The van der Waals surface area contributed by atoms with Crippen LogP contribution in [0, 0.1) is 6.92 Å². The highest BCUT2D eigenvalue weighted by Crippen LogP contribution is 2.16. The smallest absolute Gasteiger partial charge is 0.214 e. The van der Waals surface area contributed by atoms with Crippen LogP contribution in [0.3, 0.4) is 0 Å². The van der Waals surface area contributed by atoms with Crippen molar-refractivity contribution in [2.45, 2.75) is 6.92 Å². The summed E-state index contributed by atoms with van der Waals surface area (Å²) in [7, 11) is 0. The van der Waals surface area contributed by atoms with Gasteiger partial charge in [-0.25, -0.2) is 0 Å². The van der Waals surface area contributed by atoms with Gasteiger partial charge in [-0.2, -0.15) is 8.75 Å². The van der Waals surface area contributed by atoms with Crippen LogP contribution in [0.15, 0.2) is 17.6 Å². The van der Waals surface area contributed by atoms with Gasteiger partial charge in [-0.3, -0.25) is 4.79 Å². The molecule has 2 heterocycles. The van der Waals surface area contributed by atoms with Gasteiger partial charge < -0.3 is 0 Å². The van der Waals surface area contributed by atoms with Crippen LogP contribution in [-0.2, 0) is 0 Å². The predicted octanol–water partition coefficient (Wildman–Crippen LogP) is 2.14. The number of thiophene rings is 1. The average Bonchev–Trinajstić information content (AvgIpc) is 2.72. The van der Waals surface area contributed by atoms with Gasteiger partial charge in [-0.1, -0.05) is 0 Å². The number of carbonyl (C=O) groups excluding carboxylic acids is 1. The fourth-order valence-electron chi connectivity index (χ4n) is 0.975. The lowest BCUT2D eigenvalue weighted by Crippen LogP contribution is -1.98. The van der Waals surface area contributed by atoms with E-state index in [0.29, 0.717) is 11.3 Å². The maximum absolute atomic E-state index is 11.6. The summed E-state index contributed by atoms with van der Waals surface area (Å²) in [5, 5.41) is 1.84. The lowest BCUT2D eigenvalue weighted by Gasteiger charge is -1.88. The molecule has 0 aliphatic rings. The van der Waals surface area contributed by atoms with E-state index in [2.05, 4.69) is 8.75 Å². The van der Waals surface area contributed by atoms with Gasteiger partial charge in [0, 0.05) is 15.8 Å². The maximum Gasteiger partial charge on any atom is 0.214 e. The molecule has 0 radical (unpaired) electrons. The first kappa shape index (κ1) is 8.52. The molecular formula is C8H6N2OS2. The Morgan fingerprint density at radius 3 is 2.92 bits per heavy atom. The minimum atomic E-state index is -0.0434. The molecule has 0 aliphatic heterocycles. The lowest BCUT2D eigenvalue weighted by molar-refractivity contribution is 0.103. The largest absolute Gasteiger partial charge is 0.287 e. The van der Waals surface area contributed by atoms with Crippen LogP contribution in [-0.4, -0.2) is 14.5 Å². The Kier molecular flexibility index (Phi) is 2.20.